The van der Waals surface area contributed by atoms with E-state index in [0.29, 0.717) is 15.7 Å². The van der Waals surface area contributed by atoms with Crippen LogP contribution in [-0.4, -0.2) is 19.9 Å². The summed E-state index contributed by atoms with van der Waals surface area (Å²) in [5.41, 5.74) is 1.17. The van der Waals surface area contributed by atoms with Gasteiger partial charge in [0, 0.05) is 0 Å². The molecule has 0 fully saturated rings. The van der Waals surface area contributed by atoms with E-state index < -0.39 is 31.4 Å². The van der Waals surface area contributed by atoms with Crippen LogP contribution in [-0.2, 0) is 14.4 Å². The van der Waals surface area contributed by atoms with Crippen LogP contribution in [0.5, 0.6) is 0 Å². The van der Waals surface area contributed by atoms with Crippen molar-refractivity contribution < 1.29 is 17.6 Å². The molecule has 0 saturated carbocycles. The number of hydrogen-bond donors (Lipinski definition) is 0. The van der Waals surface area contributed by atoms with Gasteiger partial charge in [0.15, 0.2) is 0 Å². The second-order valence-corrected chi connectivity index (χ2v) is 9.12. The van der Waals surface area contributed by atoms with Gasteiger partial charge in [0.1, 0.15) is 0 Å². The van der Waals surface area contributed by atoms with Crippen molar-refractivity contribution in [3.8, 4) is 0 Å². The zero-order valence-corrected chi connectivity index (χ0v) is 14.8. The Morgan fingerprint density at radius 2 is 1.96 bits per heavy atom. The van der Waals surface area contributed by atoms with E-state index in [2.05, 4.69) is 0 Å². The number of nitro benzene ring substituents is 1. The average Bonchev–Trinajstić information content (AvgIpc) is 2.80. The van der Waals surface area contributed by atoms with E-state index in [9.17, 15) is 19.7 Å². The number of fused-ring (bicyclic) bond motifs is 1. The van der Waals surface area contributed by atoms with Gasteiger partial charge in [-0.15, -0.1) is 0 Å². The van der Waals surface area contributed by atoms with Gasteiger partial charge < -0.3 is 0 Å². The molecule has 8 heteroatoms. The van der Waals surface area contributed by atoms with Crippen molar-refractivity contribution in [2.24, 2.45) is 0 Å². The summed E-state index contributed by atoms with van der Waals surface area (Å²) in [5, 5.41) is 11.0. The molecule has 1 heterocycles. The van der Waals surface area contributed by atoms with Crippen molar-refractivity contribution in [3.63, 3.8) is 0 Å². The number of halogens is 1. The molecule has 0 aromatic heterocycles. The van der Waals surface area contributed by atoms with E-state index in [1.54, 1.807) is 3.11 Å². The Kier molecular flexibility index (Phi) is 4.47. The van der Waals surface area contributed by atoms with Crippen LogP contribution in [0, 0.1) is 13.7 Å². The van der Waals surface area contributed by atoms with Gasteiger partial charge in [-0.3, -0.25) is 0 Å². The Morgan fingerprint density at radius 1 is 1.25 bits per heavy atom. The number of amides is 1. The molecule has 1 aliphatic heterocycles. The molecule has 1 aliphatic rings. The Bertz CT molecular complexity index is 824. The number of nitrogens with zero attached hydrogens (tertiary/aromatic N) is 2. The number of carbonyl (C=O) groups is 2. The molecular weight excluding hydrogens is 427 g/mol. The first-order valence-electron chi connectivity index (χ1n) is 7.01. The van der Waals surface area contributed by atoms with E-state index in [-0.39, 0.29) is 11.6 Å². The van der Waals surface area contributed by atoms with Crippen molar-refractivity contribution >= 4 is 38.1 Å². The van der Waals surface area contributed by atoms with Crippen molar-refractivity contribution in [3.05, 3.63) is 73.3 Å². The van der Waals surface area contributed by atoms with Gasteiger partial charge in [-0.25, -0.2) is 0 Å². The predicted molar refractivity (Wildman–Crippen MR) is 93.9 cm³/mol. The summed E-state index contributed by atoms with van der Waals surface area (Å²) in [6, 6.07) is 13.4. The van der Waals surface area contributed by atoms with Gasteiger partial charge in [0.25, 0.3) is 0 Å². The number of non-ortho nitro benzene ring substituents is 1. The van der Waals surface area contributed by atoms with Crippen LogP contribution in [0.15, 0.2) is 48.5 Å². The quantitative estimate of drug-likeness (QED) is 0.315. The molecule has 0 radical (unpaired) electrons. The zero-order chi connectivity index (χ0) is 17.3. The van der Waals surface area contributed by atoms with E-state index in [0.717, 1.165) is 5.56 Å². The van der Waals surface area contributed by atoms with Gasteiger partial charge in [-0.05, 0) is 0 Å². The summed E-state index contributed by atoms with van der Waals surface area (Å²) in [7, 11) is 0. The number of hydrogen-bond acceptors (Lipinski definition) is 5. The second kappa shape index (κ2) is 6.56. The molecule has 2 aromatic carbocycles. The van der Waals surface area contributed by atoms with Gasteiger partial charge in [0.2, 0.25) is 0 Å². The Morgan fingerprint density at radius 3 is 2.58 bits per heavy atom. The topological polar surface area (TPSA) is 89.7 Å². The standard InChI is InChI=1S/C16H13IN2O5/c1-11(20)24-17-15-9-13(19(22)23)7-8-14(15)16(21)18(17)10-12-5-3-2-4-6-12/h2-9H,10H2,1H3. The number of nitro groups is 1. The van der Waals surface area contributed by atoms with Gasteiger partial charge >= 0.3 is 146 Å². The molecule has 0 unspecified atom stereocenters. The summed E-state index contributed by atoms with van der Waals surface area (Å²) in [6.45, 7) is 1.58. The predicted octanol–water partition coefficient (Wildman–Crippen LogP) is 3.32. The summed E-state index contributed by atoms with van der Waals surface area (Å²) >= 11 is -2.83. The first kappa shape index (κ1) is 16.4. The molecule has 0 N–H and O–H groups in total. The van der Waals surface area contributed by atoms with Crippen LogP contribution in [0.2, 0.25) is 0 Å². The van der Waals surface area contributed by atoms with Gasteiger partial charge in [-0.1, -0.05) is 0 Å². The Balaban J connectivity index is 2.01. The second-order valence-electron chi connectivity index (χ2n) is 5.03. The zero-order valence-electron chi connectivity index (χ0n) is 12.6. The van der Waals surface area contributed by atoms with Crippen molar-refractivity contribution in [1.29, 1.82) is 0 Å². The Labute approximate surface area is 145 Å². The van der Waals surface area contributed by atoms with Crippen molar-refractivity contribution in [1.82, 2.24) is 3.11 Å². The fourth-order valence-corrected chi connectivity index (χ4v) is 6.84. The third-order valence-electron chi connectivity index (χ3n) is 3.32. The van der Waals surface area contributed by atoms with Crippen molar-refractivity contribution in [2.75, 3.05) is 0 Å². The fraction of sp³-hybridized carbons (Fsp3) is 0.125. The van der Waals surface area contributed by atoms with Crippen LogP contribution in [0.25, 0.3) is 0 Å². The SMILES string of the molecule is CC(=O)OI1c2cc([N+](=O)[O-])ccc2C(=O)N1Cc1ccccc1. The maximum absolute atomic E-state index is 12.7. The molecule has 7 nitrogen and oxygen atoms in total. The van der Waals surface area contributed by atoms with Gasteiger partial charge in [0.05, 0.1) is 0 Å². The van der Waals surface area contributed by atoms with Crippen LogP contribution in [0.3, 0.4) is 0 Å². The molecule has 0 saturated heterocycles. The molecular formula is C16H13IN2O5. The molecule has 0 atom stereocenters. The number of rotatable bonds is 4. The maximum atomic E-state index is 12.7. The molecule has 124 valence electrons. The number of carbonyl (C=O) groups excluding carboxylic acids is 2. The monoisotopic (exact) mass is 440 g/mol. The molecule has 2 aromatic rings. The molecule has 1 amide bonds. The molecule has 0 spiro atoms. The van der Waals surface area contributed by atoms with Crippen molar-refractivity contribution in [2.45, 2.75) is 13.5 Å². The van der Waals surface area contributed by atoms with Gasteiger partial charge in [-0.2, -0.15) is 0 Å². The first-order valence-corrected chi connectivity index (χ1v) is 9.93. The number of benzene rings is 2. The molecule has 0 aliphatic carbocycles. The Hall–Kier alpha value is -2.49. The van der Waals surface area contributed by atoms with E-state index in [1.807, 2.05) is 30.3 Å². The van der Waals surface area contributed by atoms with Crippen LogP contribution >= 0.6 is 20.5 Å². The van der Waals surface area contributed by atoms with Crippen LogP contribution < -0.4 is 0 Å². The van der Waals surface area contributed by atoms with E-state index in [4.69, 9.17) is 3.07 Å². The fourth-order valence-electron chi connectivity index (χ4n) is 2.29. The van der Waals surface area contributed by atoms with E-state index >= 15 is 0 Å². The average molecular weight is 440 g/mol. The minimum absolute atomic E-state index is 0.113. The minimum atomic E-state index is -2.83. The summed E-state index contributed by atoms with van der Waals surface area (Å²) in [6.07, 6.45) is 0. The summed E-state index contributed by atoms with van der Waals surface area (Å²) < 4.78 is 7.47. The molecule has 24 heavy (non-hydrogen) atoms. The summed E-state index contributed by atoms with van der Waals surface area (Å²) in [4.78, 5) is 34.6. The third kappa shape index (κ3) is 3.09. The molecule has 0 bridgehead atoms. The molecule has 3 rings (SSSR count). The normalized spacial score (nSPS) is 14.5. The first-order chi connectivity index (χ1) is 11.5. The van der Waals surface area contributed by atoms with Crippen LogP contribution in [0.4, 0.5) is 5.69 Å². The van der Waals surface area contributed by atoms with E-state index in [1.165, 1.54) is 25.1 Å². The van der Waals surface area contributed by atoms with Crippen LogP contribution in [0.1, 0.15) is 22.8 Å². The summed E-state index contributed by atoms with van der Waals surface area (Å²) in [5.74, 6) is -0.749. The third-order valence-corrected chi connectivity index (χ3v) is 8.08.